The zero-order valence-electron chi connectivity index (χ0n) is 11.9. The average Bonchev–Trinajstić information content (AvgIpc) is 2.26. The van der Waals surface area contributed by atoms with Gasteiger partial charge in [-0.2, -0.15) is 0 Å². The van der Waals surface area contributed by atoms with Gasteiger partial charge in [0.25, 0.3) is 0 Å². The molecule has 0 amide bonds. The zero-order chi connectivity index (χ0) is 13.8. The fraction of sp³-hybridized carbons (Fsp3) is 0.600. The van der Waals surface area contributed by atoms with E-state index in [-0.39, 0.29) is 0 Å². The predicted molar refractivity (Wildman–Crippen MR) is 72.0 cm³/mol. The van der Waals surface area contributed by atoms with Gasteiger partial charge in [-0.1, -0.05) is 30.3 Å². The second kappa shape index (κ2) is 5.83. The molecule has 1 unspecified atom stereocenters. The first-order chi connectivity index (χ1) is 8.23. The highest BCUT2D eigenvalue weighted by Crippen LogP contribution is 2.28. The molecule has 102 valence electrons. The van der Waals surface area contributed by atoms with Gasteiger partial charge in [-0.05, 0) is 40.2 Å². The minimum atomic E-state index is -0.517. The van der Waals surface area contributed by atoms with Gasteiger partial charge in [0, 0.05) is 6.42 Å². The highest BCUT2D eigenvalue weighted by atomic mass is 17.2. The summed E-state index contributed by atoms with van der Waals surface area (Å²) in [4.78, 5) is 11.1. The second-order valence-electron chi connectivity index (χ2n) is 5.86. The van der Waals surface area contributed by atoms with Gasteiger partial charge in [-0.15, -0.1) is 0 Å². The molecular formula is C15H24O3. The van der Waals surface area contributed by atoms with E-state index >= 15 is 0 Å². The Morgan fingerprint density at radius 3 is 2.11 bits per heavy atom. The van der Waals surface area contributed by atoms with Crippen LogP contribution in [-0.4, -0.2) is 16.8 Å². The third kappa shape index (κ3) is 4.77. The summed E-state index contributed by atoms with van der Waals surface area (Å²) >= 11 is 0. The standard InChI is InChI=1S/C15H24O3/c1-12(16)11-14(2,3)17-18-15(4,5)13-9-7-6-8-10-13/h6-10,12,16H,11H2,1-5H3. The predicted octanol–water partition coefficient (Wildman–Crippen LogP) is 3.42. The minimum Gasteiger partial charge on any atom is -0.393 e. The summed E-state index contributed by atoms with van der Waals surface area (Å²) in [5, 5.41) is 9.40. The quantitative estimate of drug-likeness (QED) is 0.623. The second-order valence-corrected chi connectivity index (χ2v) is 5.86. The van der Waals surface area contributed by atoms with Crippen molar-refractivity contribution in [1.29, 1.82) is 0 Å². The molecule has 1 atom stereocenters. The molecule has 0 aliphatic heterocycles. The Balaban J connectivity index is 2.62. The highest BCUT2D eigenvalue weighted by molar-refractivity contribution is 5.20. The molecule has 0 aliphatic rings. The van der Waals surface area contributed by atoms with Crippen molar-refractivity contribution < 1.29 is 14.9 Å². The first kappa shape index (κ1) is 15.2. The van der Waals surface area contributed by atoms with Crippen molar-refractivity contribution in [3.8, 4) is 0 Å². The maximum Gasteiger partial charge on any atom is 0.123 e. The molecule has 0 aliphatic carbocycles. The van der Waals surface area contributed by atoms with Gasteiger partial charge < -0.3 is 5.11 Å². The van der Waals surface area contributed by atoms with Crippen LogP contribution >= 0.6 is 0 Å². The van der Waals surface area contributed by atoms with Gasteiger partial charge in [-0.25, -0.2) is 9.78 Å². The Kier molecular flexibility index (Phi) is 4.91. The van der Waals surface area contributed by atoms with Crippen LogP contribution in [0.1, 0.15) is 46.6 Å². The summed E-state index contributed by atoms with van der Waals surface area (Å²) in [7, 11) is 0. The van der Waals surface area contributed by atoms with Crippen molar-refractivity contribution in [2.24, 2.45) is 0 Å². The summed E-state index contributed by atoms with van der Waals surface area (Å²) in [6.45, 7) is 9.47. The Labute approximate surface area is 110 Å². The first-order valence-electron chi connectivity index (χ1n) is 6.33. The van der Waals surface area contributed by atoms with Crippen molar-refractivity contribution in [3.05, 3.63) is 35.9 Å². The lowest BCUT2D eigenvalue weighted by Gasteiger charge is -2.31. The van der Waals surface area contributed by atoms with Crippen molar-refractivity contribution in [2.75, 3.05) is 0 Å². The minimum absolute atomic E-state index is 0.413. The molecule has 0 fully saturated rings. The number of benzene rings is 1. The summed E-state index contributed by atoms with van der Waals surface area (Å²) in [6.07, 6.45) is 0.112. The molecule has 1 N–H and O–H groups in total. The van der Waals surface area contributed by atoms with Gasteiger partial charge in [0.1, 0.15) is 11.2 Å². The molecule has 3 nitrogen and oxygen atoms in total. The van der Waals surface area contributed by atoms with Crippen LogP contribution in [0.4, 0.5) is 0 Å². The van der Waals surface area contributed by atoms with Crippen LogP contribution in [0.5, 0.6) is 0 Å². The topological polar surface area (TPSA) is 38.7 Å². The van der Waals surface area contributed by atoms with Gasteiger partial charge in [-0.3, -0.25) is 0 Å². The highest BCUT2D eigenvalue weighted by Gasteiger charge is 2.29. The van der Waals surface area contributed by atoms with Crippen molar-refractivity contribution >= 4 is 0 Å². The van der Waals surface area contributed by atoms with E-state index in [2.05, 4.69) is 0 Å². The fourth-order valence-electron chi connectivity index (χ4n) is 1.85. The van der Waals surface area contributed by atoms with Gasteiger partial charge in [0.15, 0.2) is 0 Å². The molecule has 18 heavy (non-hydrogen) atoms. The van der Waals surface area contributed by atoms with Crippen molar-refractivity contribution in [3.63, 3.8) is 0 Å². The summed E-state index contributed by atoms with van der Waals surface area (Å²) in [5.41, 5.74) is 0.0232. The third-order valence-electron chi connectivity index (χ3n) is 2.73. The number of rotatable bonds is 6. The lowest BCUT2D eigenvalue weighted by Crippen LogP contribution is -2.33. The van der Waals surface area contributed by atoms with Gasteiger partial charge >= 0.3 is 0 Å². The van der Waals surface area contributed by atoms with Crippen LogP contribution in [-0.2, 0) is 15.4 Å². The van der Waals surface area contributed by atoms with E-state index in [1.165, 1.54) is 0 Å². The number of aliphatic hydroxyl groups excluding tert-OH is 1. The average molecular weight is 252 g/mol. The summed E-state index contributed by atoms with van der Waals surface area (Å²) < 4.78 is 0. The maximum atomic E-state index is 9.40. The Morgan fingerprint density at radius 1 is 1.06 bits per heavy atom. The van der Waals surface area contributed by atoms with E-state index in [1.54, 1.807) is 6.92 Å². The molecule has 0 bridgehead atoms. The maximum absolute atomic E-state index is 9.40. The Morgan fingerprint density at radius 2 is 1.61 bits per heavy atom. The smallest absolute Gasteiger partial charge is 0.123 e. The molecule has 3 heteroatoms. The first-order valence-corrected chi connectivity index (χ1v) is 6.33. The molecule has 0 spiro atoms. The van der Waals surface area contributed by atoms with E-state index in [0.29, 0.717) is 6.42 Å². The summed E-state index contributed by atoms with van der Waals surface area (Å²) in [6, 6.07) is 9.93. The Hall–Kier alpha value is -0.900. The molecule has 0 heterocycles. The van der Waals surface area contributed by atoms with E-state index in [9.17, 15) is 5.11 Å². The normalized spacial score (nSPS) is 14.6. The SMILES string of the molecule is CC(O)CC(C)(C)OOC(C)(C)c1ccccc1. The molecule has 0 radical (unpaired) electrons. The molecule has 0 saturated heterocycles. The zero-order valence-corrected chi connectivity index (χ0v) is 11.9. The lowest BCUT2D eigenvalue weighted by molar-refractivity contribution is -0.408. The molecular weight excluding hydrogens is 228 g/mol. The lowest BCUT2D eigenvalue weighted by atomic mass is 9.99. The van der Waals surface area contributed by atoms with Crippen LogP contribution < -0.4 is 0 Å². The Bertz CT molecular complexity index is 355. The molecule has 1 rings (SSSR count). The number of aliphatic hydroxyl groups is 1. The van der Waals surface area contributed by atoms with Crippen molar-refractivity contribution in [2.45, 2.75) is 58.3 Å². The van der Waals surface area contributed by atoms with Crippen LogP contribution in [0.25, 0.3) is 0 Å². The van der Waals surface area contributed by atoms with E-state index in [0.717, 1.165) is 5.56 Å². The van der Waals surface area contributed by atoms with Crippen LogP contribution in [0.15, 0.2) is 30.3 Å². The third-order valence-corrected chi connectivity index (χ3v) is 2.73. The van der Waals surface area contributed by atoms with Crippen molar-refractivity contribution in [1.82, 2.24) is 0 Å². The van der Waals surface area contributed by atoms with E-state index in [4.69, 9.17) is 9.78 Å². The van der Waals surface area contributed by atoms with Crippen LogP contribution in [0.3, 0.4) is 0 Å². The van der Waals surface area contributed by atoms with E-state index < -0.39 is 17.3 Å². The van der Waals surface area contributed by atoms with Gasteiger partial charge in [0.2, 0.25) is 0 Å². The molecule has 1 aromatic rings. The number of hydrogen-bond acceptors (Lipinski definition) is 3. The van der Waals surface area contributed by atoms with Gasteiger partial charge in [0.05, 0.1) is 6.10 Å². The fourth-order valence-corrected chi connectivity index (χ4v) is 1.85. The molecule has 0 aromatic heterocycles. The van der Waals surface area contributed by atoms with Crippen LogP contribution in [0, 0.1) is 0 Å². The molecule has 0 saturated carbocycles. The number of hydrogen-bond donors (Lipinski definition) is 1. The largest absolute Gasteiger partial charge is 0.393 e. The van der Waals surface area contributed by atoms with E-state index in [1.807, 2.05) is 58.0 Å². The summed E-state index contributed by atoms with van der Waals surface area (Å²) in [5.74, 6) is 0. The molecule has 1 aromatic carbocycles. The van der Waals surface area contributed by atoms with Crippen LogP contribution in [0.2, 0.25) is 0 Å². The monoisotopic (exact) mass is 252 g/mol.